The molecular formula is C13H17NO3. The van der Waals surface area contributed by atoms with Crippen molar-refractivity contribution in [1.29, 1.82) is 0 Å². The molecule has 1 aromatic carbocycles. The Morgan fingerprint density at radius 1 is 1.35 bits per heavy atom. The van der Waals surface area contributed by atoms with E-state index in [1.807, 2.05) is 13.8 Å². The first kappa shape index (κ1) is 13.2. The third kappa shape index (κ3) is 3.31. The van der Waals surface area contributed by atoms with Gasteiger partial charge in [0.2, 0.25) is 5.91 Å². The van der Waals surface area contributed by atoms with Crippen LogP contribution in [0.5, 0.6) is 0 Å². The second-order valence-corrected chi connectivity index (χ2v) is 3.84. The minimum Gasteiger partial charge on any atom is -0.465 e. The van der Waals surface area contributed by atoms with Crippen LogP contribution in [0.4, 0.5) is 5.69 Å². The number of amides is 1. The molecule has 0 radical (unpaired) electrons. The number of esters is 1. The van der Waals surface area contributed by atoms with Gasteiger partial charge in [-0.3, -0.25) is 4.79 Å². The van der Waals surface area contributed by atoms with E-state index in [1.165, 1.54) is 7.11 Å². The predicted molar refractivity (Wildman–Crippen MR) is 65.9 cm³/mol. The van der Waals surface area contributed by atoms with Crippen molar-refractivity contribution in [3.05, 3.63) is 29.8 Å². The van der Waals surface area contributed by atoms with Gasteiger partial charge < -0.3 is 10.1 Å². The zero-order chi connectivity index (χ0) is 12.8. The van der Waals surface area contributed by atoms with Crippen LogP contribution in [0.15, 0.2) is 24.3 Å². The Labute approximate surface area is 101 Å². The van der Waals surface area contributed by atoms with Gasteiger partial charge in [-0.15, -0.1) is 0 Å². The number of carbonyl (C=O) groups excluding carboxylic acids is 2. The quantitative estimate of drug-likeness (QED) is 0.815. The summed E-state index contributed by atoms with van der Waals surface area (Å²) in [5, 5.41) is 2.74. The zero-order valence-corrected chi connectivity index (χ0v) is 10.3. The van der Waals surface area contributed by atoms with Crippen molar-refractivity contribution >= 4 is 17.6 Å². The van der Waals surface area contributed by atoms with Crippen molar-refractivity contribution in [3.63, 3.8) is 0 Å². The average molecular weight is 235 g/mol. The molecule has 0 spiro atoms. The molecule has 4 heteroatoms. The van der Waals surface area contributed by atoms with Crippen LogP contribution in [0.25, 0.3) is 0 Å². The molecule has 0 saturated carbocycles. The van der Waals surface area contributed by atoms with Crippen LogP contribution in [0.2, 0.25) is 0 Å². The van der Waals surface area contributed by atoms with Gasteiger partial charge in [0.15, 0.2) is 0 Å². The predicted octanol–water partition coefficient (Wildman–Crippen LogP) is 2.46. The Kier molecular flexibility index (Phi) is 4.69. The molecule has 0 fully saturated rings. The fraction of sp³-hybridized carbons (Fsp3) is 0.385. The van der Waals surface area contributed by atoms with E-state index in [1.54, 1.807) is 24.3 Å². The van der Waals surface area contributed by atoms with Crippen LogP contribution < -0.4 is 5.32 Å². The van der Waals surface area contributed by atoms with Gasteiger partial charge in [-0.25, -0.2) is 4.79 Å². The molecule has 0 aromatic heterocycles. The summed E-state index contributed by atoms with van der Waals surface area (Å²) < 4.78 is 4.66. The summed E-state index contributed by atoms with van der Waals surface area (Å²) in [5.74, 6) is -0.630. The molecule has 0 aliphatic heterocycles. The third-order valence-corrected chi connectivity index (χ3v) is 2.65. The van der Waals surface area contributed by atoms with Crippen molar-refractivity contribution in [1.82, 2.24) is 0 Å². The summed E-state index contributed by atoms with van der Waals surface area (Å²) in [6.45, 7) is 3.78. The van der Waals surface area contributed by atoms with Crippen LogP contribution >= 0.6 is 0 Å². The minimum atomic E-state index is -0.454. The lowest BCUT2D eigenvalue weighted by atomic mass is 10.1. The highest BCUT2D eigenvalue weighted by molar-refractivity contribution is 6.01. The number of rotatable bonds is 4. The fourth-order valence-electron chi connectivity index (χ4n) is 1.32. The molecule has 0 heterocycles. The maximum atomic E-state index is 11.7. The van der Waals surface area contributed by atoms with Crippen molar-refractivity contribution in [3.8, 4) is 0 Å². The Morgan fingerprint density at radius 2 is 2.00 bits per heavy atom. The van der Waals surface area contributed by atoms with Gasteiger partial charge in [0, 0.05) is 5.92 Å². The van der Waals surface area contributed by atoms with Crippen LogP contribution in [0.3, 0.4) is 0 Å². The first-order chi connectivity index (χ1) is 8.10. The highest BCUT2D eigenvalue weighted by Gasteiger charge is 2.15. The fourth-order valence-corrected chi connectivity index (χ4v) is 1.32. The molecule has 1 N–H and O–H groups in total. The smallest absolute Gasteiger partial charge is 0.339 e. The summed E-state index contributed by atoms with van der Waals surface area (Å²) in [4.78, 5) is 23.2. The first-order valence-electron chi connectivity index (χ1n) is 5.58. The van der Waals surface area contributed by atoms with Crippen molar-refractivity contribution in [2.24, 2.45) is 5.92 Å². The second kappa shape index (κ2) is 6.03. The highest BCUT2D eigenvalue weighted by atomic mass is 16.5. The van der Waals surface area contributed by atoms with Crippen molar-refractivity contribution in [2.75, 3.05) is 12.4 Å². The van der Waals surface area contributed by atoms with E-state index >= 15 is 0 Å². The zero-order valence-electron chi connectivity index (χ0n) is 10.3. The SMILES string of the molecule is CC[C@H](C)C(=O)Nc1ccccc1C(=O)OC. The Morgan fingerprint density at radius 3 is 2.59 bits per heavy atom. The Hall–Kier alpha value is -1.84. The number of para-hydroxylation sites is 1. The molecule has 1 aromatic rings. The second-order valence-electron chi connectivity index (χ2n) is 3.84. The van der Waals surface area contributed by atoms with E-state index < -0.39 is 5.97 Å². The molecular weight excluding hydrogens is 218 g/mol. The van der Waals surface area contributed by atoms with Gasteiger partial charge >= 0.3 is 5.97 Å². The number of hydrogen-bond donors (Lipinski definition) is 1. The van der Waals surface area contributed by atoms with Gasteiger partial charge in [-0.05, 0) is 18.6 Å². The average Bonchev–Trinajstić information content (AvgIpc) is 2.37. The lowest BCUT2D eigenvalue weighted by Crippen LogP contribution is -2.21. The molecule has 92 valence electrons. The molecule has 1 amide bonds. The summed E-state index contributed by atoms with van der Waals surface area (Å²) >= 11 is 0. The summed E-state index contributed by atoms with van der Waals surface area (Å²) in [6.07, 6.45) is 0.756. The van der Waals surface area contributed by atoms with Gasteiger partial charge in [0.05, 0.1) is 18.4 Å². The molecule has 4 nitrogen and oxygen atoms in total. The third-order valence-electron chi connectivity index (χ3n) is 2.65. The molecule has 17 heavy (non-hydrogen) atoms. The number of methoxy groups -OCH3 is 1. The van der Waals surface area contributed by atoms with Crippen molar-refractivity contribution in [2.45, 2.75) is 20.3 Å². The highest BCUT2D eigenvalue weighted by Crippen LogP contribution is 2.17. The lowest BCUT2D eigenvalue weighted by Gasteiger charge is -2.12. The number of anilines is 1. The Bertz CT molecular complexity index is 415. The molecule has 0 bridgehead atoms. The number of nitrogens with one attached hydrogen (secondary N) is 1. The number of ether oxygens (including phenoxy) is 1. The monoisotopic (exact) mass is 235 g/mol. The van der Waals surface area contributed by atoms with E-state index in [0.29, 0.717) is 11.3 Å². The van der Waals surface area contributed by atoms with E-state index in [2.05, 4.69) is 10.1 Å². The van der Waals surface area contributed by atoms with Gasteiger partial charge in [-0.1, -0.05) is 26.0 Å². The number of hydrogen-bond acceptors (Lipinski definition) is 3. The number of carbonyl (C=O) groups is 2. The maximum Gasteiger partial charge on any atom is 0.339 e. The number of benzene rings is 1. The van der Waals surface area contributed by atoms with E-state index in [4.69, 9.17) is 0 Å². The van der Waals surface area contributed by atoms with Crippen LogP contribution in [0, 0.1) is 5.92 Å². The van der Waals surface area contributed by atoms with Crippen LogP contribution in [0.1, 0.15) is 30.6 Å². The van der Waals surface area contributed by atoms with Gasteiger partial charge in [-0.2, -0.15) is 0 Å². The van der Waals surface area contributed by atoms with Crippen LogP contribution in [-0.2, 0) is 9.53 Å². The van der Waals surface area contributed by atoms with Crippen LogP contribution in [-0.4, -0.2) is 19.0 Å². The molecule has 0 saturated heterocycles. The molecule has 0 unspecified atom stereocenters. The largest absolute Gasteiger partial charge is 0.465 e. The normalized spacial score (nSPS) is 11.7. The topological polar surface area (TPSA) is 55.4 Å². The molecule has 0 aliphatic rings. The molecule has 1 atom stereocenters. The standard InChI is InChI=1S/C13H17NO3/c1-4-9(2)12(15)14-11-8-6-5-7-10(11)13(16)17-3/h5-9H,4H2,1-3H3,(H,14,15)/t9-/m0/s1. The summed E-state index contributed by atoms with van der Waals surface area (Å²) in [5.41, 5.74) is 0.858. The Balaban J connectivity index is 2.91. The summed E-state index contributed by atoms with van der Waals surface area (Å²) in [6, 6.07) is 6.80. The molecule has 0 aliphatic carbocycles. The van der Waals surface area contributed by atoms with Gasteiger partial charge in [0.1, 0.15) is 0 Å². The van der Waals surface area contributed by atoms with Crippen molar-refractivity contribution < 1.29 is 14.3 Å². The molecule has 1 rings (SSSR count). The van der Waals surface area contributed by atoms with E-state index in [-0.39, 0.29) is 11.8 Å². The minimum absolute atomic E-state index is 0.0827. The van der Waals surface area contributed by atoms with E-state index in [9.17, 15) is 9.59 Å². The van der Waals surface area contributed by atoms with E-state index in [0.717, 1.165) is 6.42 Å². The summed E-state index contributed by atoms with van der Waals surface area (Å²) in [7, 11) is 1.32. The maximum absolute atomic E-state index is 11.7. The lowest BCUT2D eigenvalue weighted by molar-refractivity contribution is -0.119. The first-order valence-corrected chi connectivity index (χ1v) is 5.58. The van der Waals surface area contributed by atoms with Gasteiger partial charge in [0.25, 0.3) is 0 Å².